The molecule has 0 bridgehead atoms. The lowest BCUT2D eigenvalue weighted by atomic mass is 10.0. The quantitative estimate of drug-likeness (QED) is 0.700. The van der Waals surface area contributed by atoms with Gasteiger partial charge in [0.15, 0.2) is 11.5 Å². The number of carbonyl (C=O) groups excluding carboxylic acids is 1. The average Bonchev–Trinajstić information content (AvgIpc) is 3.14. The molecule has 1 aromatic heterocycles. The summed E-state index contributed by atoms with van der Waals surface area (Å²) in [4.78, 5) is 18.8. The van der Waals surface area contributed by atoms with Crippen molar-refractivity contribution in [1.29, 1.82) is 0 Å². The van der Waals surface area contributed by atoms with Gasteiger partial charge in [0.05, 0.1) is 23.4 Å². The van der Waals surface area contributed by atoms with Crippen LogP contribution in [0.4, 0.5) is 5.69 Å². The molecule has 4 rings (SSSR count). The Morgan fingerprint density at radius 1 is 1.21 bits per heavy atom. The molecule has 7 heteroatoms. The van der Waals surface area contributed by atoms with Crippen molar-refractivity contribution in [2.45, 2.75) is 19.7 Å². The highest BCUT2D eigenvalue weighted by Gasteiger charge is 2.30. The van der Waals surface area contributed by atoms with E-state index in [2.05, 4.69) is 10.3 Å². The second kappa shape index (κ2) is 7.52. The van der Waals surface area contributed by atoms with E-state index < -0.39 is 0 Å². The van der Waals surface area contributed by atoms with Gasteiger partial charge in [0.1, 0.15) is 12.8 Å². The number of thiazole rings is 1. The van der Waals surface area contributed by atoms with Gasteiger partial charge >= 0.3 is 0 Å². The standard InChI is InChI=1S/C21H21N3O3S/c1-13-22-15(12-28-13)11-27-18-9-8-14(10-19(18)26-3)20-23-17-7-5-4-6-16(17)21(25)24(20)2/h4-10,12,20,23H,11H2,1-3H3/t20-/m0/s1. The molecule has 1 N–H and O–H groups in total. The SMILES string of the molecule is COc1cc([C@H]2Nc3ccccc3C(=O)N2C)ccc1OCc1csc(C)n1. The Hall–Kier alpha value is -3.06. The zero-order valence-corrected chi connectivity index (χ0v) is 16.7. The molecule has 28 heavy (non-hydrogen) atoms. The van der Waals surface area contributed by atoms with Crippen LogP contribution in [-0.2, 0) is 6.61 Å². The Morgan fingerprint density at radius 2 is 2.04 bits per heavy atom. The summed E-state index contributed by atoms with van der Waals surface area (Å²) in [5, 5.41) is 6.42. The van der Waals surface area contributed by atoms with E-state index in [0.29, 0.717) is 23.7 Å². The average molecular weight is 395 g/mol. The minimum Gasteiger partial charge on any atom is -0.493 e. The maximum Gasteiger partial charge on any atom is 0.257 e. The molecule has 0 unspecified atom stereocenters. The summed E-state index contributed by atoms with van der Waals surface area (Å²) < 4.78 is 11.4. The molecule has 0 fully saturated rings. The number of amides is 1. The third-order valence-corrected chi connectivity index (χ3v) is 5.53. The van der Waals surface area contributed by atoms with Crippen LogP contribution in [0.15, 0.2) is 47.8 Å². The fraction of sp³-hybridized carbons (Fsp3) is 0.238. The molecule has 0 saturated carbocycles. The third-order valence-electron chi connectivity index (χ3n) is 4.70. The summed E-state index contributed by atoms with van der Waals surface area (Å²) in [7, 11) is 3.40. The van der Waals surface area contributed by atoms with Crippen LogP contribution in [0.3, 0.4) is 0 Å². The molecule has 2 heterocycles. The van der Waals surface area contributed by atoms with Crippen molar-refractivity contribution in [1.82, 2.24) is 9.88 Å². The smallest absolute Gasteiger partial charge is 0.257 e. The molecule has 2 aromatic carbocycles. The van der Waals surface area contributed by atoms with Crippen molar-refractivity contribution < 1.29 is 14.3 Å². The molecular formula is C21H21N3O3S. The van der Waals surface area contributed by atoms with Gasteiger partial charge in [-0.25, -0.2) is 4.98 Å². The molecule has 0 radical (unpaired) electrons. The lowest BCUT2D eigenvalue weighted by Crippen LogP contribution is -2.40. The molecule has 1 aliphatic heterocycles. The summed E-state index contributed by atoms with van der Waals surface area (Å²) >= 11 is 1.60. The van der Waals surface area contributed by atoms with Gasteiger partial charge in [0, 0.05) is 18.1 Å². The lowest BCUT2D eigenvalue weighted by Gasteiger charge is -2.35. The Labute approximate surface area is 167 Å². The molecular weight excluding hydrogens is 374 g/mol. The van der Waals surface area contributed by atoms with Crippen molar-refractivity contribution in [2.24, 2.45) is 0 Å². The molecule has 6 nitrogen and oxygen atoms in total. The fourth-order valence-corrected chi connectivity index (χ4v) is 3.85. The van der Waals surface area contributed by atoms with E-state index in [-0.39, 0.29) is 12.1 Å². The summed E-state index contributed by atoms with van der Waals surface area (Å²) in [6, 6.07) is 13.2. The minimum absolute atomic E-state index is 0.0162. The molecule has 1 atom stereocenters. The Kier molecular flexibility index (Phi) is 4.92. The van der Waals surface area contributed by atoms with E-state index in [1.54, 1.807) is 30.4 Å². The maximum atomic E-state index is 12.7. The number of ether oxygens (including phenoxy) is 2. The number of aryl methyl sites for hydroxylation is 1. The number of methoxy groups -OCH3 is 1. The van der Waals surface area contributed by atoms with Crippen molar-refractivity contribution in [2.75, 3.05) is 19.5 Å². The summed E-state index contributed by atoms with van der Waals surface area (Å²) in [5.41, 5.74) is 3.31. The highest BCUT2D eigenvalue weighted by Crippen LogP contribution is 2.36. The molecule has 0 aliphatic carbocycles. The van der Waals surface area contributed by atoms with Crippen LogP contribution in [0.2, 0.25) is 0 Å². The van der Waals surface area contributed by atoms with Gasteiger partial charge in [-0.15, -0.1) is 11.3 Å². The van der Waals surface area contributed by atoms with Crippen LogP contribution in [0.5, 0.6) is 11.5 Å². The van der Waals surface area contributed by atoms with E-state index in [4.69, 9.17) is 9.47 Å². The van der Waals surface area contributed by atoms with E-state index in [1.165, 1.54) is 0 Å². The lowest BCUT2D eigenvalue weighted by molar-refractivity contribution is 0.0735. The van der Waals surface area contributed by atoms with E-state index in [0.717, 1.165) is 22.0 Å². The number of aromatic nitrogens is 1. The maximum absolute atomic E-state index is 12.7. The summed E-state index contributed by atoms with van der Waals surface area (Å²) in [5.74, 6) is 1.24. The predicted octanol–water partition coefficient (Wildman–Crippen LogP) is 4.24. The van der Waals surface area contributed by atoms with Gasteiger partial charge in [0.2, 0.25) is 0 Å². The zero-order valence-electron chi connectivity index (χ0n) is 15.9. The first-order valence-corrected chi connectivity index (χ1v) is 9.79. The second-order valence-electron chi connectivity index (χ2n) is 6.57. The van der Waals surface area contributed by atoms with Crippen molar-refractivity contribution in [3.63, 3.8) is 0 Å². The van der Waals surface area contributed by atoms with Crippen LogP contribution in [-0.4, -0.2) is 29.9 Å². The van der Waals surface area contributed by atoms with Crippen LogP contribution in [0.25, 0.3) is 0 Å². The highest BCUT2D eigenvalue weighted by molar-refractivity contribution is 7.09. The first kappa shape index (κ1) is 18.3. The van der Waals surface area contributed by atoms with Gasteiger partial charge in [-0.3, -0.25) is 4.79 Å². The second-order valence-corrected chi connectivity index (χ2v) is 7.63. The van der Waals surface area contributed by atoms with Gasteiger partial charge < -0.3 is 19.7 Å². The number of nitrogens with one attached hydrogen (secondary N) is 1. The van der Waals surface area contributed by atoms with Crippen LogP contribution >= 0.6 is 11.3 Å². The monoisotopic (exact) mass is 395 g/mol. The molecule has 0 saturated heterocycles. The normalized spacial score (nSPS) is 15.8. The summed E-state index contributed by atoms with van der Waals surface area (Å²) in [6.45, 7) is 2.35. The predicted molar refractivity (Wildman–Crippen MR) is 109 cm³/mol. The topological polar surface area (TPSA) is 63.7 Å². The largest absolute Gasteiger partial charge is 0.493 e. The van der Waals surface area contributed by atoms with E-state index in [1.807, 2.05) is 54.8 Å². The number of anilines is 1. The number of fused-ring (bicyclic) bond motifs is 1. The Bertz CT molecular complexity index is 1020. The van der Waals surface area contributed by atoms with Crippen molar-refractivity contribution in [3.8, 4) is 11.5 Å². The first-order chi connectivity index (χ1) is 13.6. The fourth-order valence-electron chi connectivity index (χ4n) is 3.25. The number of hydrogen-bond acceptors (Lipinski definition) is 6. The van der Waals surface area contributed by atoms with Crippen LogP contribution in [0, 0.1) is 6.92 Å². The Morgan fingerprint density at radius 3 is 2.79 bits per heavy atom. The Balaban J connectivity index is 1.58. The van der Waals surface area contributed by atoms with E-state index >= 15 is 0 Å². The molecule has 1 amide bonds. The van der Waals surface area contributed by atoms with Gasteiger partial charge in [0.25, 0.3) is 5.91 Å². The zero-order chi connectivity index (χ0) is 19.7. The minimum atomic E-state index is -0.286. The van der Waals surface area contributed by atoms with Gasteiger partial charge in [-0.1, -0.05) is 18.2 Å². The van der Waals surface area contributed by atoms with Gasteiger partial charge in [-0.2, -0.15) is 0 Å². The molecule has 0 spiro atoms. The van der Waals surface area contributed by atoms with Crippen LogP contribution < -0.4 is 14.8 Å². The molecule has 144 valence electrons. The summed E-state index contributed by atoms with van der Waals surface area (Å²) in [6.07, 6.45) is -0.286. The molecule has 3 aromatic rings. The molecule has 1 aliphatic rings. The third kappa shape index (κ3) is 3.41. The number of carbonyl (C=O) groups is 1. The first-order valence-electron chi connectivity index (χ1n) is 8.91. The highest BCUT2D eigenvalue weighted by atomic mass is 32.1. The van der Waals surface area contributed by atoms with Gasteiger partial charge in [-0.05, 0) is 36.8 Å². The number of nitrogens with zero attached hydrogens (tertiary/aromatic N) is 2. The van der Waals surface area contributed by atoms with Crippen molar-refractivity contribution in [3.05, 3.63) is 69.7 Å². The van der Waals surface area contributed by atoms with Crippen molar-refractivity contribution >= 4 is 22.9 Å². The number of para-hydroxylation sites is 1. The van der Waals surface area contributed by atoms with E-state index in [9.17, 15) is 4.79 Å². The van der Waals surface area contributed by atoms with Crippen LogP contribution in [0.1, 0.15) is 32.8 Å². The number of benzene rings is 2. The number of hydrogen-bond donors (Lipinski definition) is 1. The number of rotatable bonds is 5.